The van der Waals surface area contributed by atoms with Crippen LogP contribution in [0.1, 0.15) is 5.56 Å². The van der Waals surface area contributed by atoms with E-state index in [4.69, 9.17) is 4.74 Å². The molecule has 4 rings (SSSR count). The number of carbonyl (C=O) groups is 1. The first-order chi connectivity index (χ1) is 15.0. The average molecular weight is 436 g/mol. The fraction of sp³-hybridized carbons (Fsp3) is 0. The molecule has 8 nitrogen and oxygen atoms in total. The molecular formula is C21H13FN4O4S. The van der Waals surface area contributed by atoms with Crippen LogP contribution in [0.25, 0.3) is 6.08 Å². The monoisotopic (exact) mass is 436 g/mol. The smallest absolute Gasteiger partial charge is 0.287 e. The van der Waals surface area contributed by atoms with Crippen LogP contribution in [0.2, 0.25) is 0 Å². The molecular weight excluding hydrogens is 423 g/mol. The van der Waals surface area contributed by atoms with Gasteiger partial charge in [0.2, 0.25) is 5.88 Å². The second kappa shape index (κ2) is 8.76. The summed E-state index contributed by atoms with van der Waals surface area (Å²) in [4.78, 5) is 31.0. The van der Waals surface area contributed by atoms with Crippen LogP contribution < -0.4 is 10.1 Å². The van der Waals surface area contributed by atoms with Gasteiger partial charge in [-0.05, 0) is 59.8 Å². The molecule has 1 amide bonds. The Morgan fingerprint density at radius 2 is 1.84 bits per heavy atom. The Kier molecular flexibility index (Phi) is 5.72. The van der Waals surface area contributed by atoms with Gasteiger partial charge in [0.1, 0.15) is 17.8 Å². The van der Waals surface area contributed by atoms with Gasteiger partial charge in [-0.3, -0.25) is 14.9 Å². The molecule has 154 valence electrons. The molecule has 31 heavy (non-hydrogen) atoms. The molecule has 1 aliphatic rings. The predicted octanol–water partition coefficient (Wildman–Crippen LogP) is 4.81. The summed E-state index contributed by atoms with van der Waals surface area (Å²) in [6.07, 6.45) is 2.83. The third-order valence-electron chi connectivity index (χ3n) is 4.04. The molecule has 1 aliphatic heterocycles. The van der Waals surface area contributed by atoms with Crippen LogP contribution >= 0.6 is 11.8 Å². The number of aromatic nitrogens is 1. The van der Waals surface area contributed by atoms with E-state index in [9.17, 15) is 19.3 Å². The Morgan fingerprint density at radius 1 is 1.10 bits per heavy atom. The molecule has 0 radical (unpaired) electrons. The van der Waals surface area contributed by atoms with Crippen LogP contribution in [-0.4, -0.2) is 21.0 Å². The molecule has 1 fully saturated rings. The number of hydrogen-bond acceptors (Lipinski definition) is 7. The molecule has 0 unspecified atom stereocenters. The Balaban J connectivity index is 1.43. The Labute approximate surface area is 179 Å². The summed E-state index contributed by atoms with van der Waals surface area (Å²) < 4.78 is 18.6. The maximum absolute atomic E-state index is 13.0. The van der Waals surface area contributed by atoms with Crippen LogP contribution in [0.3, 0.4) is 0 Å². The van der Waals surface area contributed by atoms with Crippen molar-refractivity contribution in [3.8, 4) is 11.6 Å². The minimum atomic E-state index is -0.536. The number of ether oxygens (including phenoxy) is 1. The van der Waals surface area contributed by atoms with E-state index >= 15 is 0 Å². The molecule has 1 aromatic heterocycles. The van der Waals surface area contributed by atoms with Crippen molar-refractivity contribution in [2.24, 2.45) is 4.99 Å². The normalized spacial score (nSPS) is 15.8. The maximum Gasteiger partial charge on any atom is 0.287 e. The van der Waals surface area contributed by atoms with E-state index in [0.717, 1.165) is 11.8 Å². The fourth-order valence-electron chi connectivity index (χ4n) is 2.56. The first-order valence-corrected chi connectivity index (χ1v) is 9.71. The minimum Gasteiger partial charge on any atom is -0.439 e. The van der Waals surface area contributed by atoms with Crippen molar-refractivity contribution in [3.05, 3.63) is 93.3 Å². The van der Waals surface area contributed by atoms with Crippen molar-refractivity contribution in [2.75, 3.05) is 0 Å². The lowest BCUT2D eigenvalue weighted by Gasteiger charge is -2.04. The molecule has 0 spiro atoms. The lowest BCUT2D eigenvalue weighted by molar-refractivity contribution is -0.385. The second-order valence-corrected chi connectivity index (χ2v) is 7.27. The van der Waals surface area contributed by atoms with Crippen LogP contribution in [0.4, 0.5) is 15.8 Å². The fourth-order valence-corrected chi connectivity index (χ4v) is 3.40. The van der Waals surface area contributed by atoms with E-state index in [2.05, 4.69) is 15.3 Å². The minimum absolute atomic E-state index is 0.121. The van der Waals surface area contributed by atoms with Gasteiger partial charge < -0.3 is 10.1 Å². The van der Waals surface area contributed by atoms with Crippen LogP contribution in [-0.2, 0) is 4.79 Å². The van der Waals surface area contributed by atoms with Crippen LogP contribution in [0, 0.1) is 15.9 Å². The van der Waals surface area contributed by atoms with Gasteiger partial charge in [0.05, 0.1) is 15.5 Å². The molecule has 0 aliphatic carbocycles. The number of halogens is 1. The molecule has 2 heterocycles. The quantitative estimate of drug-likeness (QED) is 0.349. The first-order valence-electron chi connectivity index (χ1n) is 8.90. The average Bonchev–Trinajstić information content (AvgIpc) is 3.10. The van der Waals surface area contributed by atoms with Crippen molar-refractivity contribution in [1.82, 2.24) is 10.3 Å². The molecule has 1 N–H and O–H groups in total. The number of amidine groups is 1. The van der Waals surface area contributed by atoms with Crippen LogP contribution in [0.15, 0.2) is 76.8 Å². The number of benzene rings is 2. The van der Waals surface area contributed by atoms with E-state index in [0.29, 0.717) is 21.5 Å². The highest BCUT2D eigenvalue weighted by atomic mass is 32.2. The summed E-state index contributed by atoms with van der Waals surface area (Å²) in [7, 11) is 0. The van der Waals surface area contributed by atoms with E-state index in [1.165, 1.54) is 48.2 Å². The van der Waals surface area contributed by atoms with Gasteiger partial charge in [0.25, 0.3) is 11.6 Å². The van der Waals surface area contributed by atoms with Gasteiger partial charge in [-0.25, -0.2) is 14.4 Å². The summed E-state index contributed by atoms with van der Waals surface area (Å²) in [5.74, 6) is 0.0837. The summed E-state index contributed by atoms with van der Waals surface area (Å²) in [5.41, 5.74) is 1.18. The number of aliphatic imine (C=N–C) groups is 1. The van der Waals surface area contributed by atoms with E-state index in [-0.39, 0.29) is 23.3 Å². The van der Waals surface area contributed by atoms with Gasteiger partial charge in [-0.15, -0.1) is 0 Å². The van der Waals surface area contributed by atoms with E-state index in [1.54, 1.807) is 30.3 Å². The molecule has 0 atom stereocenters. The van der Waals surface area contributed by atoms with Crippen LogP contribution in [0.5, 0.6) is 11.6 Å². The maximum atomic E-state index is 13.0. The molecule has 0 bridgehead atoms. The summed E-state index contributed by atoms with van der Waals surface area (Å²) in [5, 5.41) is 13.7. The number of amides is 1. The van der Waals surface area contributed by atoms with Crippen molar-refractivity contribution in [1.29, 1.82) is 0 Å². The van der Waals surface area contributed by atoms with Gasteiger partial charge in [-0.2, -0.15) is 0 Å². The summed E-state index contributed by atoms with van der Waals surface area (Å²) in [6, 6.07) is 15.3. The molecule has 10 heteroatoms. The highest BCUT2D eigenvalue weighted by molar-refractivity contribution is 8.18. The van der Waals surface area contributed by atoms with Crippen molar-refractivity contribution < 1.29 is 18.8 Å². The molecule has 2 aromatic carbocycles. The summed E-state index contributed by atoms with van der Waals surface area (Å²) >= 11 is 1.18. The van der Waals surface area contributed by atoms with Crippen molar-refractivity contribution >= 4 is 40.3 Å². The Hall–Kier alpha value is -4.05. The van der Waals surface area contributed by atoms with E-state index in [1.807, 2.05) is 0 Å². The number of pyridine rings is 1. The van der Waals surface area contributed by atoms with Gasteiger partial charge in [0.15, 0.2) is 5.17 Å². The highest BCUT2D eigenvalue weighted by Crippen LogP contribution is 2.29. The number of rotatable bonds is 5. The molecule has 0 saturated carbocycles. The highest BCUT2D eigenvalue weighted by Gasteiger charge is 2.23. The number of nitrogens with one attached hydrogen (secondary N) is 1. The SMILES string of the molecule is O=C1NC(=Nc2ccc(F)cc2)S/C1=C\c1ccc(Oc2ccc([N+](=O)[O-])cn2)cc1. The van der Waals surface area contributed by atoms with Gasteiger partial charge in [0, 0.05) is 12.1 Å². The lowest BCUT2D eigenvalue weighted by atomic mass is 10.2. The topological polar surface area (TPSA) is 107 Å². The lowest BCUT2D eigenvalue weighted by Crippen LogP contribution is -2.19. The number of hydrogen-bond donors (Lipinski definition) is 1. The number of thioether (sulfide) groups is 1. The zero-order valence-electron chi connectivity index (χ0n) is 15.7. The predicted molar refractivity (Wildman–Crippen MR) is 115 cm³/mol. The largest absolute Gasteiger partial charge is 0.439 e. The van der Waals surface area contributed by atoms with Gasteiger partial charge in [-0.1, -0.05) is 12.1 Å². The Morgan fingerprint density at radius 3 is 2.48 bits per heavy atom. The van der Waals surface area contributed by atoms with E-state index < -0.39 is 4.92 Å². The third-order valence-corrected chi connectivity index (χ3v) is 4.95. The first kappa shape index (κ1) is 20.2. The van der Waals surface area contributed by atoms with Crippen molar-refractivity contribution in [2.45, 2.75) is 0 Å². The zero-order valence-corrected chi connectivity index (χ0v) is 16.5. The second-order valence-electron chi connectivity index (χ2n) is 6.24. The standard InChI is InChI=1S/C21H13FN4O4S/c22-14-3-5-15(6-4-14)24-21-25-20(27)18(31-21)11-13-1-8-17(9-2-13)30-19-10-7-16(12-23-19)26(28)29/h1-12H,(H,24,25,27)/b18-11-. The number of nitro groups is 1. The van der Waals surface area contributed by atoms with Crippen molar-refractivity contribution in [3.63, 3.8) is 0 Å². The number of carbonyl (C=O) groups excluding carboxylic acids is 1. The number of nitrogens with zero attached hydrogens (tertiary/aromatic N) is 3. The third kappa shape index (κ3) is 5.11. The summed E-state index contributed by atoms with van der Waals surface area (Å²) in [6.45, 7) is 0. The zero-order chi connectivity index (χ0) is 21.8. The molecule has 1 saturated heterocycles. The molecule has 3 aromatic rings. The Bertz CT molecular complexity index is 1190. The van der Waals surface area contributed by atoms with Gasteiger partial charge >= 0.3 is 0 Å².